The highest BCUT2D eigenvalue weighted by Gasteiger charge is 2.36. The number of nitrogens with two attached hydrogens (primary N) is 1. The molecule has 7 rings (SSSR count). The summed E-state index contributed by atoms with van der Waals surface area (Å²) in [5.41, 5.74) is 9.37. The van der Waals surface area contributed by atoms with Crippen molar-refractivity contribution in [3.8, 4) is 22.8 Å². The predicted octanol–water partition coefficient (Wildman–Crippen LogP) is 6.27. The van der Waals surface area contributed by atoms with Crippen LogP contribution in [0.1, 0.15) is 68.4 Å². The third kappa shape index (κ3) is 9.44. The molecule has 4 heterocycles. The lowest BCUT2D eigenvalue weighted by Gasteiger charge is -2.39. The lowest BCUT2D eigenvalue weighted by Crippen LogP contribution is -2.48. The molecule has 0 unspecified atom stereocenters. The van der Waals surface area contributed by atoms with Gasteiger partial charge in [-0.15, -0.1) is 0 Å². The van der Waals surface area contributed by atoms with Crippen molar-refractivity contribution in [1.29, 1.82) is 0 Å². The van der Waals surface area contributed by atoms with Crippen LogP contribution < -0.4 is 26.0 Å². The van der Waals surface area contributed by atoms with Gasteiger partial charge in [0.1, 0.15) is 34.2 Å². The zero-order valence-electron chi connectivity index (χ0n) is 32.7. The first-order valence-corrected chi connectivity index (χ1v) is 19.8. The summed E-state index contributed by atoms with van der Waals surface area (Å²) in [6.45, 7) is 12.5. The Bertz CT molecular complexity index is 1960. The number of hydrogen-bond donors (Lipinski definition) is 3. The fraction of sp³-hybridized carbons (Fsp3) is 0.442. The standard InChI is InChI=1S/C43H54N8O5/c1-43(2,3)56-42(54)46-29-30-9-13-33(14-10-30)49-27-25-48(26-28-49)22-20-37(52)50-23-18-31(19-24-50)36-17-21-45-41-38(40(44)53)39(47-51(36)41)32-11-15-35(16-12-32)55-34-7-5-4-6-8-34/h4-16,31,36,45H,17-29H2,1-3H3,(H2,44,53)(H,46,54)/t36-/m0/s1. The highest BCUT2D eigenvalue weighted by molar-refractivity contribution is 6.03. The van der Waals surface area contributed by atoms with E-state index in [4.69, 9.17) is 20.3 Å². The van der Waals surface area contributed by atoms with Crippen LogP contribution >= 0.6 is 0 Å². The molecule has 0 aliphatic carbocycles. The van der Waals surface area contributed by atoms with E-state index in [1.54, 1.807) is 0 Å². The van der Waals surface area contributed by atoms with Crippen LogP contribution in [0.4, 0.5) is 16.3 Å². The Labute approximate surface area is 329 Å². The van der Waals surface area contributed by atoms with Crippen molar-refractivity contribution >= 4 is 29.4 Å². The number of primary amides is 1. The molecule has 4 aromatic rings. The van der Waals surface area contributed by atoms with Gasteiger partial charge in [0.2, 0.25) is 5.91 Å². The third-order valence-electron chi connectivity index (χ3n) is 10.9. The first-order valence-electron chi connectivity index (χ1n) is 19.8. The Morgan fingerprint density at radius 1 is 0.857 bits per heavy atom. The minimum absolute atomic E-state index is 0.109. The van der Waals surface area contributed by atoms with Gasteiger partial charge in [0.15, 0.2) is 0 Å². The van der Waals surface area contributed by atoms with E-state index in [0.717, 1.165) is 94.2 Å². The molecule has 2 fully saturated rings. The summed E-state index contributed by atoms with van der Waals surface area (Å²) < 4.78 is 13.3. The summed E-state index contributed by atoms with van der Waals surface area (Å²) in [6, 6.07) is 25.6. The fourth-order valence-corrected chi connectivity index (χ4v) is 7.97. The van der Waals surface area contributed by atoms with Crippen LogP contribution in [-0.2, 0) is 16.1 Å². The quantitative estimate of drug-likeness (QED) is 0.161. The van der Waals surface area contributed by atoms with Gasteiger partial charge in [-0.1, -0.05) is 30.3 Å². The van der Waals surface area contributed by atoms with E-state index < -0.39 is 17.6 Å². The lowest BCUT2D eigenvalue weighted by molar-refractivity contribution is -0.133. The van der Waals surface area contributed by atoms with Crippen LogP contribution in [0.15, 0.2) is 78.9 Å². The SMILES string of the molecule is CC(C)(C)OC(=O)NCc1ccc(N2CCN(CCC(=O)N3CCC([C@@H]4CCNc5c(C(N)=O)c(-c6ccc(Oc7ccccc7)cc6)nn54)CC3)CC2)cc1. The van der Waals surface area contributed by atoms with Gasteiger partial charge >= 0.3 is 6.09 Å². The number of ether oxygens (including phenoxy) is 2. The number of aromatic nitrogens is 2. The van der Waals surface area contributed by atoms with Crippen LogP contribution in [-0.4, -0.2) is 95.4 Å². The van der Waals surface area contributed by atoms with Gasteiger partial charge in [0.05, 0.1) is 6.04 Å². The average molecular weight is 763 g/mol. The van der Waals surface area contributed by atoms with Crippen LogP contribution in [0.2, 0.25) is 0 Å². The van der Waals surface area contributed by atoms with E-state index in [0.29, 0.717) is 41.7 Å². The maximum absolute atomic E-state index is 13.4. The summed E-state index contributed by atoms with van der Waals surface area (Å²) in [4.78, 5) is 45.0. The molecule has 13 nitrogen and oxygen atoms in total. The number of carbonyl (C=O) groups is 3. The Hall–Kier alpha value is -5.56. The van der Waals surface area contributed by atoms with Gasteiger partial charge in [-0.05, 0) is 100 Å². The first-order chi connectivity index (χ1) is 27.0. The normalized spacial score (nSPS) is 17.8. The number of piperidine rings is 1. The minimum Gasteiger partial charge on any atom is -0.457 e. The Balaban J connectivity index is 0.876. The molecule has 1 atom stereocenters. The molecule has 1 aromatic heterocycles. The largest absolute Gasteiger partial charge is 0.457 e. The summed E-state index contributed by atoms with van der Waals surface area (Å²) in [6.07, 6.45) is 2.75. The molecule has 0 radical (unpaired) electrons. The molecule has 296 valence electrons. The fourth-order valence-electron chi connectivity index (χ4n) is 7.97. The molecule has 4 N–H and O–H groups in total. The van der Waals surface area contributed by atoms with E-state index in [9.17, 15) is 14.4 Å². The van der Waals surface area contributed by atoms with E-state index >= 15 is 0 Å². The number of nitrogens with one attached hydrogen (secondary N) is 2. The number of para-hydroxylation sites is 1. The van der Waals surface area contributed by atoms with Crippen LogP contribution in [0.25, 0.3) is 11.3 Å². The number of rotatable bonds is 11. The second kappa shape index (κ2) is 17.1. The van der Waals surface area contributed by atoms with Gasteiger partial charge < -0.3 is 35.6 Å². The Morgan fingerprint density at radius 2 is 1.54 bits per heavy atom. The topological polar surface area (TPSA) is 147 Å². The number of alkyl carbamates (subject to hydrolysis) is 1. The second-order valence-electron chi connectivity index (χ2n) is 15.9. The van der Waals surface area contributed by atoms with E-state index in [2.05, 4.69) is 32.6 Å². The predicted molar refractivity (Wildman–Crippen MR) is 217 cm³/mol. The molecule has 3 aliphatic rings. The number of nitrogens with zero attached hydrogens (tertiary/aromatic N) is 5. The van der Waals surface area contributed by atoms with Gasteiger partial charge in [-0.2, -0.15) is 5.10 Å². The summed E-state index contributed by atoms with van der Waals surface area (Å²) >= 11 is 0. The monoisotopic (exact) mass is 762 g/mol. The average Bonchev–Trinajstić information content (AvgIpc) is 3.60. The minimum atomic E-state index is -0.525. The molecule has 56 heavy (non-hydrogen) atoms. The summed E-state index contributed by atoms with van der Waals surface area (Å²) in [7, 11) is 0. The molecule has 2 saturated heterocycles. The number of likely N-dealkylation sites (tertiary alicyclic amines) is 1. The van der Waals surface area contributed by atoms with Gasteiger partial charge in [0, 0.05) is 76.6 Å². The highest BCUT2D eigenvalue weighted by atomic mass is 16.6. The Kier molecular flexibility index (Phi) is 11.8. The number of hydrogen-bond acceptors (Lipinski definition) is 9. The van der Waals surface area contributed by atoms with Crippen LogP contribution in [0.5, 0.6) is 11.5 Å². The Morgan fingerprint density at radius 3 is 2.20 bits per heavy atom. The zero-order valence-corrected chi connectivity index (χ0v) is 32.7. The number of anilines is 2. The van der Waals surface area contributed by atoms with Gasteiger partial charge in [-0.25, -0.2) is 9.48 Å². The van der Waals surface area contributed by atoms with Crippen molar-refractivity contribution in [3.05, 3.63) is 90.0 Å². The number of carbonyl (C=O) groups excluding carboxylic acids is 3. The molecule has 0 saturated carbocycles. The van der Waals surface area contributed by atoms with Crippen LogP contribution in [0, 0.1) is 5.92 Å². The second-order valence-corrected chi connectivity index (χ2v) is 15.9. The van der Waals surface area contributed by atoms with Crippen molar-refractivity contribution in [2.75, 3.05) is 62.6 Å². The molecule has 3 aromatic carbocycles. The number of benzene rings is 3. The molecule has 0 bridgehead atoms. The lowest BCUT2D eigenvalue weighted by atomic mass is 9.86. The molecule has 0 spiro atoms. The summed E-state index contributed by atoms with van der Waals surface area (Å²) in [5, 5.41) is 11.2. The zero-order chi connectivity index (χ0) is 39.2. The van der Waals surface area contributed by atoms with Crippen molar-refractivity contribution in [2.24, 2.45) is 11.7 Å². The van der Waals surface area contributed by atoms with Gasteiger partial charge in [0.25, 0.3) is 5.91 Å². The van der Waals surface area contributed by atoms with E-state index in [1.807, 2.05) is 97.1 Å². The van der Waals surface area contributed by atoms with Crippen molar-refractivity contribution in [2.45, 2.75) is 64.6 Å². The maximum atomic E-state index is 13.4. The molecular formula is C43H54N8O5. The molecule has 3 aliphatic heterocycles. The maximum Gasteiger partial charge on any atom is 0.407 e. The summed E-state index contributed by atoms with van der Waals surface area (Å²) in [5.74, 6) is 2.15. The molecule has 13 heteroatoms. The third-order valence-corrected chi connectivity index (χ3v) is 10.9. The van der Waals surface area contributed by atoms with E-state index in [-0.39, 0.29) is 11.9 Å². The van der Waals surface area contributed by atoms with Crippen molar-refractivity contribution < 1.29 is 23.9 Å². The smallest absolute Gasteiger partial charge is 0.407 e. The first kappa shape index (κ1) is 38.7. The van der Waals surface area contributed by atoms with Gasteiger partial charge in [-0.3, -0.25) is 14.5 Å². The number of amides is 3. The molecule has 3 amide bonds. The highest BCUT2D eigenvalue weighted by Crippen LogP contribution is 2.40. The van der Waals surface area contributed by atoms with E-state index in [1.165, 1.54) is 0 Å². The number of fused-ring (bicyclic) bond motifs is 1. The van der Waals surface area contributed by atoms with Crippen LogP contribution in [0.3, 0.4) is 0 Å². The van der Waals surface area contributed by atoms with Crippen molar-refractivity contribution in [1.82, 2.24) is 24.9 Å². The molecular weight excluding hydrogens is 709 g/mol. The number of piperazine rings is 1. The van der Waals surface area contributed by atoms with Crippen molar-refractivity contribution in [3.63, 3.8) is 0 Å².